The van der Waals surface area contributed by atoms with Crippen molar-refractivity contribution in [1.29, 1.82) is 0 Å². The van der Waals surface area contributed by atoms with Crippen molar-refractivity contribution in [3.63, 3.8) is 0 Å². The van der Waals surface area contributed by atoms with Crippen LogP contribution in [0.15, 0.2) is 84.0 Å². The molecule has 3 aromatic carbocycles. The van der Waals surface area contributed by atoms with E-state index in [-0.39, 0.29) is 11.7 Å². The molecule has 0 radical (unpaired) electrons. The first-order valence-electron chi connectivity index (χ1n) is 11.6. The minimum Gasteiger partial charge on any atom is -0.427 e. The summed E-state index contributed by atoms with van der Waals surface area (Å²) in [5, 5.41) is 7.67. The van der Waals surface area contributed by atoms with E-state index in [0.717, 1.165) is 10.8 Å². The van der Waals surface area contributed by atoms with Gasteiger partial charge in [0.1, 0.15) is 11.8 Å². The fraction of sp³-hybridized carbons (Fsp3) is 0.179. The van der Waals surface area contributed by atoms with Crippen molar-refractivity contribution in [3.05, 3.63) is 84.4 Å². The van der Waals surface area contributed by atoms with Gasteiger partial charge in [-0.25, -0.2) is 4.90 Å². The van der Waals surface area contributed by atoms with E-state index in [1.54, 1.807) is 35.5 Å². The summed E-state index contributed by atoms with van der Waals surface area (Å²) in [5.74, 6) is -2.84. The molecule has 0 aromatic heterocycles. The maximum Gasteiger partial charge on any atom is 0.308 e. The molecule has 0 saturated carbocycles. The maximum atomic E-state index is 13.9. The molecule has 2 fully saturated rings. The molecule has 178 valence electrons. The molecule has 4 atom stereocenters. The zero-order valence-corrected chi connectivity index (χ0v) is 19.3. The molecule has 36 heavy (non-hydrogen) atoms. The number of esters is 1. The molecule has 0 unspecified atom stereocenters. The number of Topliss-reactive ketones (excluding diaryl/α,β-unsaturated/α-hetero) is 1. The highest BCUT2D eigenvalue weighted by atomic mass is 16.5. The predicted molar refractivity (Wildman–Crippen MR) is 133 cm³/mol. The lowest BCUT2D eigenvalue weighted by atomic mass is 9.86. The normalized spacial score (nSPS) is 24.2. The number of anilines is 1. The number of allylic oxidation sites excluding steroid dienone is 1. The fourth-order valence-electron chi connectivity index (χ4n) is 5.50. The number of nitrogens with zero attached hydrogens (tertiary/aromatic N) is 3. The van der Waals surface area contributed by atoms with Gasteiger partial charge in [0.2, 0.25) is 11.8 Å². The first-order valence-corrected chi connectivity index (χ1v) is 11.6. The van der Waals surface area contributed by atoms with Crippen LogP contribution in [0.4, 0.5) is 5.69 Å². The third kappa shape index (κ3) is 3.25. The first-order chi connectivity index (χ1) is 17.5. The maximum absolute atomic E-state index is 13.9. The average molecular weight is 479 g/mol. The topological polar surface area (TPSA) is 96.3 Å². The quantitative estimate of drug-likeness (QED) is 0.246. The van der Waals surface area contributed by atoms with Crippen LogP contribution >= 0.6 is 0 Å². The Kier molecular flexibility index (Phi) is 5.03. The van der Waals surface area contributed by atoms with E-state index in [1.807, 2.05) is 42.5 Å². The van der Waals surface area contributed by atoms with Gasteiger partial charge in [0.15, 0.2) is 5.78 Å². The number of hydrogen-bond acceptors (Lipinski definition) is 7. The number of hydrogen-bond donors (Lipinski definition) is 0. The molecule has 3 aliphatic rings. The molecule has 2 saturated heterocycles. The molecule has 3 aromatic rings. The van der Waals surface area contributed by atoms with E-state index < -0.39 is 35.8 Å². The van der Waals surface area contributed by atoms with E-state index >= 15 is 0 Å². The lowest BCUT2D eigenvalue weighted by Gasteiger charge is -2.30. The Balaban J connectivity index is 1.40. The summed E-state index contributed by atoms with van der Waals surface area (Å²) >= 11 is 0. The van der Waals surface area contributed by atoms with Crippen LogP contribution < -0.4 is 9.64 Å². The van der Waals surface area contributed by atoms with Gasteiger partial charge < -0.3 is 4.74 Å². The number of rotatable bonds is 4. The molecule has 3 heterocycles. The Morgan fingerprint density at radius 3 is 2.39 bits per heavy atom. The number of amides is 2. The summed E-state index contributed by atoms with van der Waals surface area (Å²) in [6, 6.07) is 17.8. The van der Waals surface area contributed by atoms with Crippen molar-refractivity contribution >= 4 is 46.2 Å². The SMILES string of the molecule is CC(=O)Oc1ccc(C(=O)[C@H]2[C@H]3C(=O)N(c4cccc5ccccc45)C(=O)[C@@H]3[C@H]3C=CC=NN32)cc1. The third-order valence-corrected chi connectivity index (χ3v) is 6.97. The van der Waals surface area contributed by atoms with Gasteiger partial charge in [0, 0.05) is 24.1 Å². The minimum absolute atomic E-state index is 0.314. The van der Waals surface area contributed by atoms with Crippen LogP contribution in [0.25, 0.3) is 10.8 Å². The summed E-state index contributed by atoms with van der Waals surface area (Å²) in [6.07, 6.45) is 5.11. The second kappa shape index (κ2) is 8.27. The molecule has 0 bridgehead atoms. The lowest BCUT2D eigenvalue weighted by molar-refractivity contribution is -0.132. The number of fused-ring (bicyclic) bond motifs is 4. The van der Waals surface area contributed by atoms with Crippen LogP contribution in [-0.4, -0.2) is 46.9 Å². The summed E-state index contributed by atoms with van der Waals surface area (Å²) in [7, 11) is 0. The van der Waals surface area contributed by atoms with Crippen LogP contribution in [0.1, 0.15) is 17.3 Å². The van der Waals surface area contributed by atoms with E-state index in [2.05, 4.69) is 5.10 Å². The van der Waals surface area contributed by atoms with E-state index in [4.69, 9.17) is 4.74 Å². The molecule has 0 N–H and O–H groups in total. The molecular formula is C28H21N3O5. The molecule has 8 heteroatoms. The van der Waals surface area contributed by atoms with Gasteiger partial charge in [-0.2, -0.15) is 5.10 Å². The minimum atomic E-state index is -0.947. The lowest BCUT2D eigenvalue weighted by Crippen LogP contribution is -2.46. The Morgan fingerprint density at radius 2 is 1.61 bits per heavy atom. The molecule has 3 aliphatic heterocycles. The van der Waals surface area contributed by atoms with Gasteiger partial charge in [-0.05, 0) is 41.8 Å². The number of ether oxygens (including phenoxy) is 1. The van der Waals surface area contributed by atoms with Crippen LogP contribution in [0.2, 0.25) is 0 Å². The van der Waals surface area contributed by atoms with E-state index in [9.17, 15) is 19.2 Å². The molecule has 0 aliphatic carbocycles. The van der Waals surface area contributed by atoms with Crippen molar-refractivity contribution in [3.8, 4) is 5.75 Å². The highest BCUT2D eigenvalue weighted by molar-refractivity contribution is 6.27. The second-order valence-electron chi connectivity index (χ2n) is 9.01. The monoisotopic (exact) mass is 479 g/mol. The number of carbonyl (C=O) groups is 4. The van der Waals surface area contributed by atoms with Crippen molar-refractivity contribution in [2.75, 3.05) is 4.90 Å². The summed E-state index contributed by atoms with van der Waals surface area (Å²) in [4.78, 5) is 53.9. The van der Waals surface area contributed by atoms with Crippen molar-refractivity contribution in [1.82, 2.24) is 5.01 Å². The van der Waals surface area contributed by atoms with Crippen LogP contribution in [0.5, 0.6) is 5.75 Å². The van der Waals surface area contributed by atoms with E-state index in [0.29, 0.717) is 17.0 Å². The van der Waals surface area contributed by atoms with Gasteiger partial charge in [-0.15, -0.1) is 0 Å². The number of imide groups is 1. The Morgan fingerprint density at radius 1 is 0.889 bits per heavy atom. The average Bonchev–Trinajstić information content (AvgIpc) is 3.36. The fourth-order valence-corrected chi connectivity index (χ4v) is 5.50. The highest BCUT2D eigenvalue weighted by Gasteiger charge is 2.64. The molecule has 6 rings (SSSR count). The zero-order chi connectivity index (χ0) is 25.0. The summed E-state index contributed by atoms with van der Waals surface area (Å²) in [6.45, 7) is 1.30. The largest absolute Gasteiger partial charge is 0.427 e. The van der Waals surface area contributed by atoms with Crippen molar-refractivity contribution in [2.45, 2.75) is 19.0 Å². The standard InChI is InChI=1S/C28H21N3O5/c1-16(32)36-19-13-11-18(12-14-19)26(33)25-24-23(22-10-5-15-29-31(22)25)27(34)30(28(24)35)21-9-4-7-17-6-2-3-8-20(17)21/h2-15,22-25H,1H3/t22-,23-,24+,25-/m1/s1. The Labute approximate surface area is 206 Å². The Hall–Kier alpha value is -4.59. The molecule has 0 spiro atoms. The number of ketones is 1. The van der Waals surface area contributed by atoms with Gasteiger partial charge in [-0.1, -0.05) is 42.5 Å². The van der Waals surface area contributed by atoms with Crippen LogP contribution in [-0.2, 0) is 14.4 Å². The smallest absolute Gasteiger partial charge is 0.308 e. The zero-order valence-electron chi connectivity index (χ0n) is 19.3. The number of carbonyl (C=O) groups excluding carboxylic acids is 4. The predicted octanol–water partition coefficient (Wildman–Crippen LogP) is 3.36. The van der Waals surface area contributed by atoms with Gasteiger partial charge in [0.25, 0.3) is 0 Å². The van der Waals surface area contributed by atoms with Crippen molar-refractivity contribution < 1.29 is 23.9 Å². The second-order valence-corrected chi connectivity index (χ2v) is 9.01. The van der Waals surface area contributed by atoms with Gasteiger partial charge in [-0.3, -0.25) is 24.2 Å². The summed E-state index contributed by atoms with van der Waals surface area (Å²) < 4.78 is 5.06. The molecule has 2 amide bonds. The highest BCUT2D eigenvalue weighted by Crippen LogP contribution is 2.47. The van der Waals surface area contributed by atoms with Crippen LogP contribution in [0, 0.1) is 11.8 Å². The number of hydrazone groups is 1. The third-order valence-electron chi connectivity index (χ3n) is 6.97. The number of benzene rings is 3. The van der Waals surface area contributed by atoms with Crippen LogP contribution in [0.3, 0.4) is 0 Å². The summed E-state index contributed by atoms with van der Waals surface area (Å²) in [5.41, 5.74) is 0.855. The van der Waals surface area contributed by atoms with Crippen molar-refractivity contribution in [2.24, 2.45) is 16.9 Å². The Bertz CT molecular complexity index is 1490. The molecule has 8 nitrogen and oxygen atoms in total. The molecular weight excluding hydrogens is 458 g/mol. The van der Waals surface area contributed by atoms with Gasteiger partial charge >= 0.3 is 5.97 Å². The van der Waals surface area contributed by atoms with Gasteiger partial charge in [0.05, 0.1) is 23.6 Å². The first kappa shape index (κ1) is 21.9. The van der Waals surface area contributed by atoms with E-state index in [1.165, 1.54) is 24.0 Å².